The van der Waals surface area contributed by atoms with Crippen molar-refractivity contribution in [1.82, 2.24) is 5.32 Å². The van der Waals surface area contributed by atoms with Gasteiger partial charge < -0.3 is 5.32 Å². The summed E-state index contributed by atoms with van der Waals surface area (Å²) in [6.07, 6.45) is 0. The third-order valence-electron chi connectivity index (χ3n) is 2.11. The molecule has 0 spiro atoms. The topological polar surface area (TPSA) is 12.0 Å². The highest BCUT2D eigenvalue weighted by Gasteiger charge is 2.19. The van der Waals surface area contributed by atoms with E-state index in [4.69, 9.17) is 0 Å². The predicted octanol–water partition coefficient (Wildman–Crippen LogP) is 3.56. The van der Waals surface area contributed by atoms with Gasteiger partial charge in [-0.05, 0) is 26.1 Å². The van der Waals surface area contributed by atoms with Crippen molar-refractivity contribution in [3.05, 3.63) is 46.0 Å². The van der Waals surface area contributed by atoms with E-state index in [1.807, 2.05) is 0 Å². The van der Waals surface area contributed by atoms with E-state index in [0.29, 0.717) is 10.0 Å². The molecule has 1 unspecified atom stereocenters. The molecule has 0 radical (unpaired) electrons. The van der Waals surface area contributed by atoms with Gasteiger partial charge in [-0.2, -0.15) is 0 Å². The molecule has 1 N–H and O–H groups in total. The van der Waals surface area contributed by atoms with Gasteiger partial charge in [0, 0.05) is 10.0 Å². The molecule has 0 aromatic heterocycles. The molecule has 1 aromatic carbocycles. The molecular formula is C11H12BrF2N. The maximum atomic E-state index is 13.6. The number of hydrogen-bond donors (Lipinski definition) is 1. The van der Waals surface area contributed by atoms with Gasteiger partial charge in [-0.25, -0.2) is 8.78 Å². The van der Waals surface area contributed by atoms with Crippen LogP contribution in [0.1, 0.15) is 18.5 Å². The second-order valence-electron chi connectivity index (χ2n) is 3.35. The molecule has 0 heterocycles. The van der Waals surface area contributed by atoms with Crippen molar-refractivity contribution in [3.8, 4) is 0 Å². The van der Waals surface area contributed by atoms with Gasteiger partial charge in [0.25, 0.3) is 0 Å². The number of rotatable bonds is 3. The van der Waals surface area contributed by atoms with Crippen LogP contribution in [0.15, 0.2) is 28.8 Å². The van der Waals surface area contributed by atoms with E-state index < -0.39 is 17.7 Å². The van der Waals surface area contributed by atoms with Crippen molar-refractivity contribution in [3.63, 3.8) is 0 Å². The Kier molecular flexibility index (Phi) is 3.99. The molecule has 0 aliphatic carbocycles. The Balaban J connectivity index is 3.29. The average molecular weight is 276 g/mol. The number of nitrogens with one attached hydrogen (secondary N) is 1. The second-order valence-corrected chi connectivity index (χ2v) is 4.27. The van der Waals surface area contributed by atoms with Crippen LogP contribution in [0.25, 0.3) is 0 Å². The molecule has 1 nitrogen and oxygen atoms in total. The molecular weight excluding hydrogens is 264 g/mol. The summed E-state index contributed by atoms with van der Waals surface area (Å²) < 4.78 is 27.5. The zero-order valence-corrected chi connectivity index (χ0v) is 10.2. The van der Waals surface area contributed by atoms with Crippen LogP contribution in [0.4, 0.5) is 8.78 Å². The molecule has 1 atom stereocenters. The second kappa shape index (κ2) is 4.86. The molecule has 0 aliphatic rings. The minimum atomic E-state index is -0.579. The van der Waals surface area contributed by atoms with Crippen molar-refractivity contribution in [1.29, 1.82) is 0 Å². The van der Waals surface area contributed by atoms with Crippen LogP contribution in [0.2, 0.25) is 0 Å². The summed E-state index contributed by atoms with van der Waals surface area (Å²) in [5, 5.41) is 2.82. The Morgan fingerprint density at radius 3 is 2.20 bits per heavy atom. The van der Waals surface area contributed by atoms with Crippen LogP contribution in [0.5, 0.6) is 0 Å². The maximum Gasteiger partial charge on any atom is 0.132 e. The lowest BCUT2D eigenvalue weighted by Crippen LogP contribution is -2.20. The van der Waals surface area contributed by atoms with Gasteiger partial charge in [-0.1, -0.05) is 28.1 Å². The van der Waals surface area contributed by atoms with E-state index in [2.05, 4.69) is 27.8 Å². The van der Waals surface area contributed by atoms with E-state index in [1.54, 1.807) is 14.0 Å². The van der Waals surface area contributed by atoms with Gasteiger partial charge in [0.1, 0.15) is 11.6 Å². The molecule has 0 aliphatic heterocycles. The van der Waals surface area contributed by atoms with Crippen LogP contribution in [0, 0.1) is 11.6 Å². The monoisotopic (exact) mass is 275 g/mol. The molecule has 0 saturated heterocycles. The lowest BCUT2D eigenvalue weighted by molar-refractivity contribution is 0.518. The van der Waals surface area contributed by atoms with Crippen molar-refractivity contribution in [2.45, 2.75) is 13.0 Å². The fourth-order valence-electron chi connectivity index (χ4n) is 1.47. The Labute approximate surface area is 96.3 Å². The SMILES string of the molecule is C=C(C)C(NC)c1c(F)cc(Br)cc1F. The van der Waals surface area contributed by atoms with Gasteiger partial charge in [0.15, 0.2) is 0 Å². The van der Waals surface area contributed by atoms with Crippen LogP contribution >= 0.6 is 15.9 Å². The molecule has 1 aromatic rings. The number of benzene rings is 1. The standard InChI is InChI=1S/C11H12BrF2N/c1-6(2)11(15-3)10-8(13)4-7(12)5-9(10)14/h4-5,11,15H,1H2,2-3H3. The molecule has 0 amide bonds. The lowest BCUT2D eigenvalue weighted by atomic mass is 10.00. The first-order valence-corrected chi connectivity index (χ1v) is 5.23. The van der Waals surface area contributed by atoms with Crippen LogP contribution in [-0.2, 0) is 0 Å². The lowest BCUT2D eigenvalue weighted by Gasteiger charge is -2.18. The summed E-state index contributed by atoms with van der Waals surface area (Å²) in [5.74, 6) is -1.16. The fraction of sp³-hybridized carbons (Fsp3) is 0.273. The van der Waals surface area contributed by atoms with E-state index in [0.717, 1.165) is 0 Å². The summed E-state index contributed by atoms with van der Waals surface area (Å²) in [5.41, 5.74) is 0.672. The van der Waals surface area contributed by atoms with Crippen molar-refractivity contribution >= 4 is 15.9 Å². The number of halogens is 3. The van der Waals surface area contributed by atoms with Crippen LogP contribution in [-0.4, -0.2) is 7.05 Å². The van der Waals surface area contributed by atoms with Gasteiger partial charge in [0.2, 0.25) is 0 Å². The third kappa shape index (κ3) is 2.63. The van der Waals surface area contributed by atoms with Crippen molar-refractivity contribution in [2.75, 3.05) is 7.05 Å². The maximum absolute atomic E-state index is 13.6. The van der Waals surface area contributed by atoms with Gasteiger partial charge in [-0.3, -0.25) is 0 Å². The van der Waals surface area contributed by atoms with Crippen LogP contribution in [0.3, 0.4) is 0 Å². The average Bonchev–Trinajstić information content (AvgIpc) is 2.09. The van der Waals surface area contributed by atoms with E-state index >= 15 is 0 Å². The van der Waals surface area contributed by atoms with Gasteiger partial charge in [-0.15, -0.1) is 0 Å². The minimum absolute atomic E-state index is 0.00759. The van der Waals surface area contributed by atoms with E-state index in [1.165, 1.54) is 12.1 Å². The van der Waals surface area contributed by atoms with Crippen LogP contribution < -0.4 is 5.32 Å². The predicted molar refractivity (Wildman–Crippen MR) is 60.7 cm³/mol. The summed E-state index contributed by atoms with van der Waals surface area (Å²) in [6, 6.07) is 1.98. The minimum Gasteiger partial charge on any atom is -0.309 e. The summed E-state index contributed by atoms with van der Waals surface area (Å²) >= 11 is 3.03. The van der Waals surface area contributed by atoms with Crippen molar-refractivity contribution < 1.29 is 8.78 Å². The highest BCUT2D eigenvalue weighted by molar-refractivity contribution is 9.10. The Hall–Kier alpha value is -0.740. The third-order valence-corrected chi connectivity index (χ3v) is 2.57. The van der Waals surface area contributed by atoms with Gasteiger partial charge >= 0.3 is 0 Å². The quantitative estimate of drug-likeness (QED) is 0.832. The fourth-order valence-corrected chi connectivity index (χ4v) is 1.87. The summed E-state index contributed by atoms with van der Waals surface area (Å²) in [7, 11) is 1.64. The molecule has 0 saturated carbocycles. The molecule has 1 rings (SSSR count). The zero-order valence-electron chi connectivity index (χ0n) is 8.57. The first kappa shape index (κ1) is 12.3. The highest BCUT2D eigenvalue weighted by Crippen LogP contribution is 2.28. The smallest absolute Gasteiger partial charge is 0.132 e. The summed E-state index contributed by atoms with van der Waals surface area (Å²) in [4.78, 5) is 0. The molecule has 15 heavy (non-hydrogen) atoms. The van der Waals surface area contributed by atoms with E-state index in [9.17, 15) is 8.78 Å². The molecule has 4 heteroatoms. The number of likely N-dealkylation sites (N-methyl/N-ethyl adjacent to an activating group) is 1. The van der Waals surface area contributed by atoms with Gasteiger partial charge in [0.05, 0.1) is 6.04 Å². The first-order valence-electron chi connectivity index (χ1n) is 4.44. The zero-order chi connectivity index (χ0) is 11.6. The normalized spacial score (nSPS) is 12.6. The Morgan fingerprint density at radius 1 is 1.40 bits per heavy atom. The molecule has 0 fully saturated rings. The highest BCUT2D eigenvalue weighted by atomic mass is 79.9. The van der Waals surface area contributed by atoms with E-state index in [-0.39, 0.29) is 5.56 Å². The Bertz CT molecular complexity index is 367. The summed E-state index contributed by atoms with van der Waals surface area (Å²) in [6.45, 7) is 5.42. The Morgan fingerprint density at radius 2 is 1.87 bits per heavy atom. The molecule has 82 valence electrons. The van der Waals surface area contributed by atoms with Crippen molar-refractivity contribution in [2.24, 2.45) is 0 Å². The molecule has 0 bridgehead atoms. The number of hydrogen-bond acceptors (Lipinski definition) is 1. The largest absolute Gasteiger partial charge is 0.309 e. The first-order chi connectivity index (χ1) is 6.97.